The predicted molar refractivity (Wildman–Crippen MR) is 43.7 cm³/mol. The maximum atomic E-state index is 9.13. The van der Waals surface area contributed by atoms with Crippen molar-refractivity contribution in [2.24, 2.45) is 0 Å². The van der Waals surface area contributed by atoms with Gasteiger partial charge in [0.15, 0.2) is 0 Å². The zero-order valence-electron chi connectivity index (χ0n) is 5.21. The molecule has 0 radical (unpaired) electrons. The summed E-state index contributed by atoms with van der Waals surface area (Å²) in [5, 5.41) is 9.13. The van der Waals surface area contributed by atoms with Gasteiger partial charge >= 0.3 is 0 Å². The highest BCUT2D eigenvalue weighted by molar-refractivity contribution is 9.10. The van der Waals surface area contributed by atoms with Crippen molar-refractivity contribution < 1.29 is 5.11 Å². The lowest BCUT2D eigenvalue weighted by Crippen LogP contribution is -1.79. The number of nitrogens with zero attached hydrogens (tertiary/aromatic N) is 1. The highest BCUT2D eigenvalue weighted by Gasteiger charge is 1.96. The van der Waals surface area contributed by atoms with Gasteiger partial charge in [-0.15, -0.1) is 0 Å². The van der Waals surface area contributed by atoms with Gasteiger partial charge in [-0.05, 0) is 28.1 Å². The quantitative estimate of drug-likeness (QED) is 0.753. The molecule has 2 nitrogen and oxygen atoms in total. The number of halogens is 1. The zero-order chi connectivity index (χ0) is 7.56. The number of hydrogen-bond donors (Lipinski definition) is 1. The first-order valence-electron chi connectivity index (χ1n) is 2.71. The lowest BCUT2D eigenvalue weighted by molar-refractivity contribution is 0.470. The van der Waals surface area contributed by atoms with Gasteiger partial charge in [-0.2, -0.15) is 0 Å². The molecule has 0 saturated carbocycles. The predicted octanol–water partition coefficient (Wildman–Crippen LogP) is 2.19. The molecule has 0 spiro atoms. The first-order valence-corrected chi connectivity index (χ1v) is 3.50. The van der Waals surface area contributed by atoms with Crippen molar-refractivity contribution in [1.82, 2.24) is 4.98 Å². The van der Waals surface area contributed by atoms with E-state index in [1.54, 1.807) is 12.3 Å². The highest BCUT2D eigenvalue weighted by Crippen LogP contribution is 2.19. The minimum absolute atomic E-state index is 0.143. The van der Waals surface area contributed by atoms with Gasteiger partial charge in [0.05, 0.1) is 0 Å². The minimum atomic E-state index is 0.143. The Morgan fingerprint density at radius 1 is 1.70 bits per heavy atom. The zero-order valence-corrected chi connectivity index (χ0v) is 6.80. The van der Waals surface area contributed by atoms with Crippen molar-refractivity contribution in [1.29, 1.82) is 0 Å². The van der Waals surface area contributed by atoms with Crippen LogP contribution in [-0.2, 0) is 0 Å². The van der Waals surface area contributed by atoms with Crippen molar-refractivity contribution in [2.75, 3.05) is 0 Å². The molecule has 0 aromatic carbocycles. The minimum Gasteiger partial charge on any atom is -0.506 e. The van der Waals surface area contributed by atoms with Crippen LogP contribution in [0.3, 0.4) is 0 Å². The van der Waals surface area contributed by atoms with Crippen LogP contribution in [0, 0.1) is 0 Å². The molecule has 0 saturated heterocycles. The molecule has 0 atom stereocenters. The summed E-state index contributed by atoms with van der Waals surface area (Å²) in [6.45, 7) is 3.48. The molecule has 0 bridgehead atoms. The van der Waals surface area contributed by atoms with Crippen LogP contribution in [0.15, 0.2) is 23.3 Å². The molecule has 0 aliphatic carbocycles. The summed E-state index contributed by atoms with van der Waals surface area (Å²) >= 11 is 3.17. The summed E-state index contributed by atoms with van der Waals surface area (Å²) in [5.74, 6) is 0.143. The van der Waals surface area contributed by atoms with Gasteiger partial charge in [-0.3, -0.25) is 4.98 Å². The summed E-state index contributed by atoms with van der Waals surface area (Å²) in [6.07, 6.45) is 3.11. The Morgan fingerprint density at radius 3 is 2.90 bits per heavy atom. The smallest absolute Gasteiger partial charge is 0.142 e. The van der Waals surface area contributed by atoms with Crippen molar-refractivity contribution in [3.8, 4) is 5.75 Å². The second-order valence-corrected chi connectivity index (χ2v) is 2.68. The van der Waals surface area contributed by atoms with Crippen LogP contribution in [0.4, 0.5) is 0 Å². The van der Waals surface area contributed by atoms with E-state index in [0.717, 1.165) is 4.47 Å². The molecule has 52 valence electrons. The average Bonchev–Trinajstić information content (AvgIpc) is 1.88. The fourth-order valence-corrected chi connectivity index (χ4v) is 0.916. The molecule has 1 N–H and O–H groups in total. The number of rotatable bonds is 1. The normalized spacial score (nSPS) is 9.30. The summed E-state index contributed by atoms with van der Waals surface area (Å²) in [7, 11) is 0. The lowest BCUT2D eigenvalue weighted by atomic mass is 10.3. The Hall–Kier alpha value is -0.830. The second kappa shape index (κ2) is 2.84. The van der Waals surface area contributed by atoms with Crippen molar-refractivity contribution in [3.05, 3.63) is 29.0 Å². The van der Waals surface area contributed by atoms with Crippen LogP contribution in [0.1, 0.15) is 5.69 Å². The first kappa shape index (κ1) is 7.28. The van der Waals surface area contributed by atoms with Crippen molar-refractivity contribution >= 4 is 22.0 Å². The molecule has 10 heavy (non-hydrogen) atoms. The molecular formula is C7H6BrNO. The molecule has 1 heterocycles. The Morgan fingerprint density at radius 2 is 2.40 bits per heavy atom. The second-order valence-electron chi connectivity index (χ2n) is 1.76. The first-order chi connectivity index (χ1) is 4.74. The molecule has 1 aromatic heterocycles. The summed E-state index contributed by atoms with van der Waals surface area (Å²) in [5.41, 5.74) is 0.503. The maximum absolute atomic E-state index is 9.13. The van der Waals surface area contributed by atoms with Gasteiger partial charge < -0.3 is 5.11 Å². The van der Waals surface area contributed by atoms with Crippen LogP contribution in [-0.4, -0.2) is 10.1 Å². The molecule has 0 fully saturated rings. The number of pyridine rings is 1. The molecule has 0 unspecified atom stereocenters. The fraction of sp³-hybridized carbons (Fsp3) is 0. The van der Waals surface area contributed by atoms with E-state index in [1.165, 1.54) is 6.08 Å². The van der Waals surface area contributed by atoms with Gasteiger partial charge in [0.25, 0.3) is 0 Å². The van der Waals surface area contributed by atoms with Crippen LogP contribution in [0.25, 0.3) is 6.08 Å². The number of aromatic nitrogens is 1. The van der Waals surface area contributed by atoms with E-state index in [0.29, 0.717) is 5.69 Å². The van der Waals surface area contributed by atoms with Gasteiger partial charge in [0.1, 0.15) is 11.4 Å². The number of aromatic hydroxyl groups is 1. The van der Waals surface area contributed by atoms with Crippen LogP contribution in [0.2, 0.25) is 0 Å². The lowest BCUT2D eigenvalue weighted by Gasteiger charge is -1.96. The Kier molecular flexibility index (Phi) is 2.06. The third-order valence-corrected chi connectivity index (χ3v) is 1.49. The van der Waals surface area contributed by atoms with Crippen molar-refractivity contribution in [2.45, 2.75) is 0 Å². The van der Waals surface area contributed by atoms with Crippen molar-refractivity contribution in [3.63, 3.8) is 0 Å². The van der Waals surface area contributed by atoms with Gasteiger partial charge in [0, 0.05) is 10.7 Å². The van der Waals surface area contributed by atoms with E-state index in [2.05, 4.69) is 27.5 Å². The topological polar surface area (TPSA) is 33.1 Å². The van der Waals surface area contributed by atoms with E-state index >= 15 is 0 Å². The highest BCUT2D eigenvalue weighted by atomic mass is 79.9. The summed E-state index contributed by atoms with van der Waals surface area (Å²) in [6, 6.07) is 1.57. The Bertz CT molecular complexity index is 260. The molecule has 0 aliphatic heterocycles. The van der Waals surface area contributed by atoms with Gasteiger partial charge in [0.2, 0.25) is 0 Å². The van der Waals surface area contributed by atoms with Gasteiger partial charge in [-0.1, -0.05) is 6.58 Å². The third kappa shape index (κ3) is 1.36. The molecule has 1 aromatic rings. The standard InChI is InChI=1S/C7H6BrNO/c1-2-6-7(10)3-5(8)4-9-6/h2-4,10H,1H2. The van der Waals surface area contributed by atoms with E-state index in [-0.39, 0.29) is 5.75 Å². The molecule has 0 aliphatic rings. The largest absolute Gasteiger partial charge is 0.506 e. The third-order valence-electron chi connectivity index (χ3n) is 1.06. The van der Waals surface area contributed by atoms with Crippen LogP contribution >= 0.6 is 15.9 Å². The summed E-state index contributed by atoms with van der Waals surface area (Å²) < 4.78 is 0.760. The van der Waals surface area contributed by atoms with Gasteiger partial charge in [-0.25, -0.2) is 0 Å². The Labute approximate surface area is 67.4 Å². The average molecular weight is 200 g/mol. The summed E-state index contributed by atoms with van der Waals surface area (Å²) in [4.78, 5) is 3.88. The Balaban J connectivity index is 3.19. The molecule has 1 rings (SSSR count). The monoisotopic (exact) mass is 199 g/mol. The van der Waals surface area contributed by atoms with E-state index in [1.807, 2.05) is 0 Å². The van der Waals surface area contributed by atoms with Crippen LogP contribution < -0.4 is 0 Å². The molecular weight excluding hydrogens is 194 g/mol. The molecule has 3 heteroatoms. The fourth-order valence-electron chi connectivity index (χ4n) is 0.596. The van der Waals surface area contributed by atoms with Crippen LogP contribution in [0.5, 0.6) is 5.75 Å². The maximum Gasteiger partial charge on any atom is 0.142 e. The molecule has 0 amide bonds. The van der Waals surface area contributed by atoms with E-state index < -0.39 is 0 Å². The van der Waals surface area contributed by atoms with E-state index in [4.69, 9.17) is 5.11 Å². The van der Waals surface area contributed by atoms with E-state index in [9.17, 15) is 0 Å². The SMILES string of the molecule is C=Cc1ncc(Br)cc1O. The number of hydrogen-bond acceptors (Lipinski definition) is 2.